The van der Waals surface area contributed by atoms with E-state index in [0.717, 1.165) is 0 Å². The maximum Gasteiger partial charge on any atom is 0.396 e. The molecule has 0 aliphatic heterocycles. The van der Waals surface area contributed by atoms with Gasteiger partial charge in [-0.25, -0.2) is 0 Å². The number of carbonyl (C=O) groups is 3. The van der Waals surface area contributed by atoms with Crippen molar-refractivity contribution < 1.29 is 32.3 Å². The highest BCUT2D eigenvalue weighted by Gasteiger charge is 2.41. The lowest BCUT2D eigenvalue weighted by atomic mass is 9.94. The van der Waals surface area contributed by atoms with Gasteiger partial charge in [0.05, 0.1) is 19.4 Å². The quantitative estimate of drug-likeness (QED) is 0.640. The Kier molecular flexibility index (Phi) is 7.97. The highest BCUT2D eigenvalue weighted by molar-refractivity contribution is 5.91. The fraction of sp³-hybridized carbons (Fsp3) is 0.286. The lowest BCUT2D eigenvalue weighted by Gasteiger charge is -2.20. The second-order valence-corrected chi connectivity index (χ2v) is 6.48. The van der Waals surface area contributed by atoms with Crippen LogP contribution in [0, 0.1) is 0 Å². The van der Waals surface area contributed by atoms with E-state index < -0.39 is 36.3 Å². The molecule has 0 fully saturated rings. The molecule has 160 valence electrons. The summed E-state index contributed by atoms with van der Waals surface area (Å²) in [5.74, 6) is -3.65. The summed E-state index contributed by atoms with van der Waals surface area (Å²) in [6.45, 7) is -0.245. The lowest BCUT2D eigenvalue weighted by Crippen LogP contribution is -2.31. The molecule has 0 radical (unpaired) electrons. The highest BCUT2D eigenvalue weighted by Crippen LogP contribution is 2.37. The monoisotopic (exact) mass is 422 g/mol. The van der Waals surface area contributed by atoms with Crippen LogP contribution in [0.3, 0.4) is 0 Å². The summed E-state index contributed by atoms with van der Waals surface area (Å²) >= 11 is 0. The molecule has 0 aliphatic carbocycles. The molecule has 2 rings (SSSR count). The first-order valence-corrected chi connectivity index (χ1v) is 9.03. The molecule has 0 spiro atoms. The summed E-state index contributed by atoms with van der Waals surface area (Å²) in [5, 5.41) is 4.83. The smallest absolute Gasteiger partial charge is 0.396 e. The number of carbonyl (C=O) groups excluding carboxylic acids is 3. The van der Waals surface area contributed by atoms with Crippen LogP contribution >= 0.6 is 0 Å². The van der Waals surface area contributed by atoms with Gasteiger partial charge in [0.2, 0.25) is 11.8 Å². The Morgan fingerprint density at radius 2 is 1.60 bits per heavy atom. The van der Waals surface area contributed by atoms with E-state index in [9.17, 15) is 27.6 Å². The number of ether oxygens (including phenoxy) is 1. The summed E-state index contributed by atoms with van der Waals surface area (Å²) in [4.78, 5) is 34.9. The van der Waals surface area contributed by atoms with Crippen LogP contribution < -0.4 is 10.6 Å². The molecule has 2 aromatic carbocycles. The van der Waals surface area contributed by atoms with Crippen molar-refractivity contribution >= 4 is 23.5 Å². The van der Waals surface area contributed by atoms with E-state index in [1.165, 1.54) is 43.5 Å². The maximum atomic E-state index is 13.4. The number of methoxy groups -OCH3 is 1. The fourth-order valence-electron chi connectivity index (χ4n) is 2.70. The van der Waals surface area contributed by atoms with Crippen LogP contribution in [0.4, 0.5) is 18.9 Å². The van der Waals surface area contributed by atoms with Gasteiger partial charge in [0, 0.05) is 12.1 Å². The molecule has 0 bridgehead atoms. The van der Waals surface area contributed by atoms with Crippen molar-refractivity contribution in [3.63, 3.8) is 0 Å². The molecule has 2 amide bonds. The molecule has 0 heterocycles. The molecule has 6 nitrogen and oxygen atoms in total. The molecule has 9 heteroatoms. The van der Waals surface area contributed by atoms with E-state index in [1.54, 1.807) is 18.2 Å². The second kappa shape index (κ2) is 10.4. The number of esters is 1. The van der Waals surface area contributed by atoms with Crippen LogP contribution in [0.25, 0.3) is 0 Å². The van der Waals surface area contributed by atoms with Gasteiger partial charge in [-0.1, -0.05) is 42.5 Å². The van der Waals surface area contributed by atoms with Crippen molar-refractivity contribution in [1.29, 1.82) is 0 Å². The summed E-state index contributed by atoms with van der Waals surface area (Å²) in [7, 11) is 1.21. The van der Waals surface area contributed by atoms with Crippen molar-refractivity contribution in [2.24, 2.45) is 0 Å². The summed E-state index contributed by atoms with van der Waals surface area (Å²) in [5.41, 5.74) is 0.939. The van der Waals surface area contributed by atoms with Gasteiger partial charge in [-0.15, -0.1) is 0 Å². The number of alkyl halides is 3. The van der Waals surface area contributed by atoms with Crippen LogP contribution in [0.2, 0.25) is 0 Å². The molecule has 0 saturated heterocycles. The highest BCUT2D eigenvalue weighted by atomic mass is 19.4. The standard InChI is InChI=1S/C21H21F3N2O4/c1-30-20(29)13-25-18(27)11-14-7-9-16(10-8-14)26-19(28)12-17(21(22,23)24)15-5-3-2-4-6-15/h2-10,17H,11-13H2,1H3,(H,25,27)(H,26,28). The third-order valence-electron chi connectivity index (χ3n) is 4.25. The average Bonchev–Trinajstić information content (AvgIpc) is 2.71. The average molecular weight is 422 g/mol. The zero-order valence-electron chi connectivity index (χ0n) is 16.2. The van der Waals surface area contributed by atoms with Gasteiger partial charge in [-0.2, -0.15) is 13.2 Å². The van der Waals surface area contributed by atoms with Crippen molar-refractivity contribution in [2.45, 2.75) is 24.9 Å². The number of halogens is 3. The SMILES string of the molecule is COC(=O)CNC(=O)Cc1ccc(NC(=O)CC(c2ccccc2)C(F)(F)F)cc1. The first kappa shape index (κ1) is 22.9. The zero-order valence-corrected chi connectivity index (χ0v) is 16.2. The minimum atomic E-state index is -4.56. The molecule has 30 heavy (non-hydrogen) atoms. The molecular formula is C21H21F3N2O4. The number of hydrogen-bond acceptors (Lipinski definition) is 4. The Labute approximate surface area is 171 Å². The molecule has 0 aromatic heterocycles. The summed E-state index contributed by atoms with van der Waals surface area (Å²) in [6.07, 6.45) is -5.30. The fourth-order valence-corrected chi connectivity index (χ4v) is 2.70. The van der Waals surface area contributed by atoms with Crippen molar-refractivity contribution in [1.82, 2.24) is 5.32 Å². The predicted molar refractivity (Wildman–Crippen MR) is 104 cm³/mol. The van der Waals surface area contributed by atoms with E-state index in [4.69, 9.17) is 0 Å². The minimum absolute atomic E-state index is 0.00459. The van der Waals surface area contributed by atoms with E-state index in [2.05, 4.69) is 15.4 Å². The van der Waals surface area contributed by atoms with E-state index >= 15 is 0 Å². The summed E-state index contributed by atoms with van der Waals surface area (Å²) in [6, 6.07) is 13.4. The van der Waals surface area contributed by atoms with E-state index in [-0.39, 0.29) is 18.5 Å². The van der Waals surface area contributed by atoms with Crippen molar-refractivity contribution in [3.8, 4) is 0 Å². The third-order valence-corrected chi connectivity index (χ3v) is 4.25. The van der Waals surface area contributed by atoms with Gasteiger partial charge < -0.3 is 15.4 Å². The number of hydrogen-bond donors (Lipinski definition) is 2. The second-order valence-electron chi connectivity index (χ2n) is 6.48. The Morgan fingerprint density at radius 3 is 2.17 bits per heavy atom. The lowest BCUT2D eigenvalue weighted by molar-refractivity contribution is -0.156. The Morgan fingerprint density at radius 1 is 0.967 bits per heavy atom. The van der Waals surface area contributed by atoms with Gasteiger partial charge in [0.1, 0.15) is 6.54 Å². The molecule has 2 N–H and O–H groups in total. The van der Waals surface area contributed by atoms with Gasteiger partial charge in [-0.05, 0) is 23.3 Å². The van der Waals surface area contributed by atoms with Crippen molar-refractivity contribution in [3.05, 3.63) is 65.7 Å². The Balaban J connectivity index is 1.93. The molecule has 0 aliphatic rings. The topological polar surface area (TPSA) is 84.5 Å². The van der Waals surface area contributed by atoms with Gasteiger partial charge in [0.15, 0.2) is 0 Å². The number of amides is 2. The third kappa shape index (κ3) is 7.23. The minimum Gasteiger partial charge on any atom is -0.468 e. The summed E-state index contributed by atoms with van der Waals surface area (Å²) < 4.78 is 44.5. The van der Waals surface area contributed by atoms with Gasteiger partial charge in [-0.3, -0.25) is 14.4 Å². The molecule has 2 aromatic rings. The molecular weight excluding hydrogens is 401 g/mol. The van der Waals surface area contributed by atoms with Crippen LogP contribution in [0.15, 0.2) is 54.6 Å². The Hall–Kier alpha value is -3.36. The maximum absolute atomic E-state index is 13.4. The largest absolute Gasteiger partial charge is 0.468 e. The van der Waals surface area contributed by atoms with E-state index in [0.29, 0.717) is 11.3 Å². The zero-order chi connectivity index (χ0) is 22.1. The van der Waals surface area contributed by atoms with Gasteiger partial charge in [0.25, 0.3) is 0 Å². The predicted octanol–water partition coefficient (Wildman–Crippen LogP) is 3.19. The number of anilines is 1. The van der Waals surface area contributed by atoms with Crippen LogP contribution in [-0.4, -0.2) is 37.6 Å². The number of rotatable bonds is 8. The first-order valence-electron chi connectivity index (χ1n) is 9.03. The number of nitrogens with one attached hydrogen (secondary N) is 2. The normalized spacial score (nSPS) is 12.0. The van der Waals surface area contributed by atoms with Crippen molar-refractivity contribution in [2.75, 3.05) is 19.0 Å². The van der Waals surface area contributed by atoms with Crippen LogP contribution in [0.1, 0.15) is 23.5 Å². The van der Waals surface area contributed by atoms with Gasteiger partial charge >= 0.3 is 12.1 Å². The van der Waals surface area contributed by atoms with E-state index in [1.807, 2.05) is 0 Å². The number of benzene rings is 2. The van der Waals surface area contributed by atoms with Crippen LogP contribution in [-0.2, 0) is 25.5 Å². The van der Waals surface area contributed by atoms with Crippen LogP contribution in [0.5, 0.6) is 0 Å². The Bertz CT molecular complexity index is 868. The molecule has 0 saturated carbocycles. The molecule has 1 atom stereocenters. The molecule has 1 unspecified atom stereocenters. The first-order chi connectivity index (χ1) is 14.2.